The third-order valence-corrected chi connectivity index (χ3v) is 5.05. The van der Waals surface area contributed by atoms with Gasteiger partial charge in [0.15, 0.2) is 23.3 Å². The first-order chi connectivity index (χ1) is 12.4. The second-order valence-electron chi connectivity index (χ2n) is 6.54. The van der Waals surface area contributed by atoms with E-state index in [9.17, 15) is 17.6 Å². The molecule has 140 valence electrons. The van der Waals surface area contributed by atoms with Crippen molar-refractivity contribution in [3.8, 4) is 0 Å². The van der Waals surface area contributed by atoms with E-state index in [0.29, 0.717) is 12.8 Å². The van der Waals surface area contributed by atoms with Crippen LogP contribution in [0.25, 0.3) is 0 Å². The predicted molar refractivity (Wildman–Crippen MR) is 91.2 cm³/mol. The topological polar surface area (TPSA) is 32.3 Å². The van der Waals surface area contributed by atoms with Gasteiger partial charge < -0.3 is 9.80 Å². The average Bonchev–Trinajstić information content (AvgIpc) is 2.61. The number of anilines is 2. The van der Waals surface area contributed by atoms with E-state index < -0.39 is 23.3 Å². The number of likely N-dealkylation sites (N-methyl/N-ethyl adjacent to an activating group) is 2. The quantitative estimate of drug-likeness (QED) is 0.766. The van der Waals surface area contributed by atoms with Gasteiger partial charge in [0.1, 0.15) is 11.4 Å². The Morgan fingerprint density at radius 1 is 0.692 bits per heavy atom. The third-order valence-electron chi connectivity index (χ3n) is 5.05. The maximum atomic E-state index is 14.1. The zero-order valence-corrected chi connectivity index (χ0v) is 14.6. The first kappa shape index (κ1) is 18.4. The van der Waals surface area contributed by atoms with E-state index in [0.717, 1.165) is 37.6 Å². The van der Waals surface area contributed by atoms with Gasteiger partial charge in [-0.15, -0.1) is 0 Å². The highest BCUT2D eigenvalue weighted by Crippen LogP contribution is 2.34. The van der Waals surface area contributed by atoms with Crippen LogP contribution in [0.15, 0.2) is 24.8 Å². The van der Waals surface area contributed by atoms with Crippen molar-refractivity contribution >= 4 is 11.4 Å². The Kier molecular flexibility index (Phi) is 5.29. The number of aromatic nitrogens is 2. The summed E-state index contributed by atoms with van der Waals surface area (Å²) in [7, 11) is 3.19. The van der Waals surface area contributed by atoms with E-state index in [-0.39, 0.29) is 23.5 Å². The van der Waals surface area contributed by atoms with Crippen LogP contribution in [0.2, 0.25) is 0 Å². The van der Waals surface area contributed by atoms with E-state index in [4.69, 9.17) is 0 Å². The first-order valence-electron chi connectivity index (χ1n) is 8.45. The van der Waals surface area contributed by atoms with Crippen molar-refractivity contribution in [2.45, 2.75) is 37.8 Å². The lowest BCUT2D eigenvalue weighted by Gasteiger charge is -2.44. The summed E-state index contributed by atoms with van der Waals surface area (Å²) in [4.78, 5) is 10.0. The van der Waals surface area contributed by atoms with Gasteiger partial charge in [0.25, 0.3) is 0 Å². The molecule has 0 spiro atoms. The number of halogens is 4. The molecule has 4 nitrogen and oxygen atoms in total. The van der Waals surface area contributed by atoms with Crippen molar-refractivity contribution in [3.63, 3.8) is 0 Å². The molecular formula is C18H20F4N4. The molecular weight excluding hydrogens is 348 g/mol. The molecule has 2 aromatic heterocycles. The fraction of sp³-hybridized carbons (Fsp3) is 0.444. The summed E-state index contributed by atoms with van der Waals surface area (Å²) in [5.41, 5.74) is -0.359. The lowest BCUT2D eigenvalue weighted by molar-refractivity contribution is 0.354. The standard InChI is InChI=1S/C18H20F4N4/c1-25(17-11(19)7-23-8-12(17)20)15-5-3-4-6-16(15)26(2)18-13(21)9-24-10-14(18)22/h7-10,15-16H,3-6H2,1-2H3/t15-,16-/m1/s1. The van der Waals surface area contributed by atoms with Crippen LogP contribution in [0.3, 0.4) is 0 Å². The molecule has 1 aliphatic carbocycles. The lowest BCUT2D eigenvalue weighted by Crippen LogP contribution is -2.52. The minimum atomic E-state index is -0.763. The molecule has 0 N–H and O–H groups in total. The minimum Gasteiger partial charge on any atom is -0.365 e. The highest BCUT2D eigenvalue weighted by molar-refractivity contribution is 5.52. The molecule has 1 saturated carbocycles. The zero-order valence-electron chi connectivity index (χ0n) is 14.6. The Morgan fingerprint density at radius 3 is 1.31 bits per heavy atom. The first-order valence-corrected chi connectivity index (χ1v) is 8.45. The number of hydrogen-bond acceptors (Lipinski definition) is 4. The van der Waals surface area contributed by atoms with Gasteiger partial charge in [0, 0.05) is 26.2 Å². The molecule has 26 heavy (non-hydrogen) atoms. The molecule has 8 heteroatoms. The van der Waals surface area contributed by atoms with Crippen molar-refractivity contribution in [2.75, 3.05) is 23.9 Å². The molecule has 0 amide bonds. The largest absolute Gasteiger partial charge is 0.365 e. The summed E-state index contributed by atoms with van der Waals surface area (Å²) in [6, 6.07) is -0.626. The third kappa shape index (κ3) is 3.32. The minimum absolute atomic E-state index is 0.180. The van der Waals surface area contributed by atoms with Gasteiger partial charge in [0.05, 0.1) is 24.8 Å². The molecule has 1 fully saturated rings. The van der Waals surface area contributed by atoms with E-state index in [2.05, 4.69) is 9.97 Å². The van der Waals surface area contributed by atoms with Gasteiger partial charge in [-0.25, -0.2) is 17.6 Å². The van der Waals surface area contributed by atoms with Crippen LogP contribution in [0.5, 0.6) is 0 Å². The maximum absolute atomic E-state index is 14.1. The molecule has 3 rings (SSSR count). The Morgan fingerprint density at radius 2 is 1.00 bits per heavy atom. The molecule has 0 bridgehead atoms. The number of rotatable bonds is 4. The Balaban J connectivity index is 1.95. The smallest absolute Gasteiger partial charge is 0.167 e. The van der Waals surface area contributed by atoms with Crippen LogP contribution >= 0.6 is 0 Å². The summed E-state index contributed by atoms with van der Waals surface area (Å²) in [6.07, 6.45) is 6.88. The second kappa shape index (κ2) is 7.47. The molecule has 2 heterocycles. The molecule has 0 unspecified atom stereocenters. The van der Waals surface area contributed by atoms with E-state index in [1.165, 1.54) is 9.80 Å². The van der Waals surface area contributed by atoms with E-state index >= 15 is 0 Å². The summed E-state index contributed by atoms with van der Waals surface area (Å²) in [5, 5.41) is 0. The van der Waals surface area contributed by atoms with E-state index in [1.807, 2.05) is 0 Å². The van der Waals surface area contributed by atoms with Gasteiger partial charge in [0.2, 0.25) is 0 Å². The van der Waals surface area contributed by atoms with Crippen molar-refractivity contribution in [1.29, 1.82) is 0 Å². The summed E-state index contributed by atoms with van der Waals surface area (Å²) < 4.78 is 56.6. The van der Waals surface area contributed by atoms with Gasteiger partial charge >= 0.3 is 0 Å². The van der Waals surface area contributed by atoms with Gasteiger partial charge in [-0.05, 0) is 12.8 Å². The van der Waals surface area contributed by atoms with Crippen molar-refractivity contribution in [1.82, 2.24) is 9.97 Å². The number of nitrogens with zero attached hydrogens (tertiary/aromatic N) is 4. The SMILES string of the molecule is CN(c1c(F)cncc1F)[C@@H]1CCCC[C@H]1N(C)c1c(F)cncc1F. The van der Waals surface area contributed by atoms with Crippen molar-refractivity contribution in [2.24, 2.45) is 0 Å². The fourth-order valence-corrected chi connectivity index (χ4v) is 3.81. The maximum Gasteiger partial charge on any atom is 0.167 e. The zero-order chi connectivity index (χ0) is 18.8. The van der Waals surface area contributed by atoms with Gasteiger partial charge in [-0.3, -0.25) is 9.97 Å². The highest BCUT2D eigenvalue weighted by Gasteiger charge is 2.35. The fourth-order valence-electron chi connectivity index (χ4n) is 3.81. The van der Waals surface area contributed by atoms with Gasteiger partial charge in [-0.1, -0.05) is 12.8 Å². The highest BCUT2D eigenvalue weighted by atomic mass is 19.1. The molecule has 1 aliphatic rings. The molecule has 0 radical (unpaired) electrons. The van der Waals surface area contributed by atoms with Crippen LogP contribution in [0, 0.1) is 23.3 Å². The summed E-state index contributed by atoms with van der Waals surface area (Å²) in [5.74, 6) is -3.05. The van der Waals surface area contributed by atoms with Crippen molar-refractivity contribution in [3.05, 3.63) is 48.1 Å². The lowest BCUT2D eigenvalue weighted by atomic mass is 9.87. The Hall–Kier alpha value is -2.38. The van der Waals surface area contributed by atoms with Crippen LogP contribution in [-0.4, -0.2) is 36.1 Å². The normalized spacial score (nSPS) is 20.1. The van der Waals surface area contributed by atoms with Crippen LogP contribution in [0.4, 0.5) is 28.9 Å². The molecule has 0 aromatic carbocycles. The van der Waals surface area contributed by atoms with Crippen LogP contribution in [0.1, 0.15) is 25.7 Å². The molecule has 2 atom stereocenters. The van der Waals surface area contributed by atoms with Crippen LogP contribution in [-0.2, 0) is 0 Å². The van der Waals surface area contributed by atoms with Gasteiger partial charge in [-0.2, -0.15) is 0 Å². The summed E-state index contributed by atoms with van der Waals surface area (Å²) in [6.45, 7) is 0. The Labute approximate surface area is 149 Å². The monoisotopic (exact) mass is 368 g/mol. The average molecular weight is 368 g/mol. The number of hydrogen-bond donors (Lipinski definition) is 0. The summed E-state index contributed by atoms with van der Waals surface area (Å²) >= 11 is 0. The van der Waals surface area contributed by atoms with E-state index in [1.54, 1.807) is 14.1 Å². The van der Waals surface area contributed by atoms with Crippen molar-refractivity contribution < 1.29 is 17.6 Å². The molecule has 0 aliphatic heterocycles. The predicted octanol–water partition coefficient (Wildman–Crippen LogP) is 3.92. The van der Waals surface area contributed by atoms with Crippen LogP contribution < -0.4 is 9.80 Å². The number of pyridine rings is 2. The Bertz CT molecular complexity index is 680. The second-order valence-corrected chi connectivity index (χ2v) is 6.54. The molecule has 0 saturated heterocycles. The molecule has 2 aromatic rings.